The zero-order chi connectivity index (χ0) is 9.90. The summed E-state index contributed by atoms with van der Waals surface area (Å²) in [5.74, 6) is 0. The Labute approximate surface area is 77.8 Å². The molecule has 1 rings (SSSR count). The van der Waals surface area contributed by atoms with Crippen LogP contribution in [-0.4, -0.2) is 17.6 Å². The minimum atomic E-state index is -4.75. The van der Waals surface area contributed by atoms with Crippen LogP contribution >= 0.6 is 11.8 Å². The van der Waals surface area contributed by atoms with Gasteiger partial charge < -0.3 is 18.7 Å². The highest BCUT2D eigenvalue weighted by Gasteiger charge is 2.22. The molecule has 1 heterocycles. The van der Waals surface area contributed by atoms with E-state index in [2.05, 4.69) is 4.98 Å². The Kier molecular flexibility index (Phi) is 3.08. The van der Waals surface area contributed by atoms with E-state index in [4.69, 9.17) is 5.73 Å². The van der Waals surface area contributed by atoms with Gasteiger partial charge in [0.2, 0.25) is 0 Å². The number of nitrogens with two attached hydrogens (primary N) is 1. The molecular formula is C6H7BF3N2S-. The van der Waals surface area contributed by atoms with Crippen molar-refractivity contribution >= 4 is 24.4 Å². The number of aromatic nitrogens is 1. The number of hydrogen-bond acceptors (Lipinski definition) is 3. The highest BCUT2D eigenvalue weighted by atomic mass is 32.2. The third-order valence-corrected chi connectivity index (χ3v) is 2.26. The van der Waals surface area contributed by atoms with Crippen LogP contribution in [0.15, 0.2) is 23.4 Å². The number of pyridine rings is 1. The van der Waals surface area contributed by atoms with Crippen molar-refractivity contribution in [3.05, 3.63) is 18.3 Å². The third-order valence-electron chi connectivity index (χ3n) is 1.18. The number of rotatable bonds is 3. The van der Waals surface area contributed by atoms with E-state index in [1.54, 1.807) is 0 Å². The zero-order valence-corrected chi connectivity index (χ0v) is 7.40. The van der Waals surface area contributed by atoms with Gasteiger partial charge in [0.25, 0.3) is 0 Å². The lowest BCUT2D eigenvalue weighted by molar-refractivity contribution is 0.485. The minimum absolute atomic E-state index is 0.341. The molecule has 0 saturated heterocycles. The van der Waals surface area contributed by atoms with E-state index in [0.717, 1.165) is 0 Å². The molecule has 0 radical (unpaired) electrons. The lowest BCUT2D eigenvalue weighted by Gasteiger charge is -2.11. The van der Waals surface area contributed by atoms with Crippen LogP contribution in [0, 0.1) is 0 Å². The van der Waals surface area contributed by atoms with E-state index in [-0.39, 0.29) is 0 Å². The number of hydrogen-bond donors (Lipinski definition) is 1. The molecule has 0 bridgehead atoms. The topological polar surface area (TPSA) is 38.9 Å². The summed E-state index contributed by atoms with van der Waals surface area (Å²) in [7, 11) is 0. The maximum absolute atomic E-state index is 11.8. The summed E-state index contributed by atoms with van der Waals surface area (Å²) in [6, 6.07) is 3.00. The summed E-state index contributed by atoms with van der Waals surface area (Å²) in [5, 5.41) is 0.341. The Morgan fingerprint density at radius 1 is 1.38 bits per heavy atom. The van der Waals surface area contributed by atoms with Crippen LogP contribution in [0.3, 0.4) is 0 Å². The van der Waals surface area contributed by atoms with Crippen molar-refractivity contribution in [3.8, 4) is 0 Å². The number of anilines is 1. The predicted molar refractivity (Wildman–Crippen MR) is 48.5 cm³/mol. The first-order valence-corrected chi connectivity index (χ1v) is 4.51. The van der Waals surface area contributed by atoms with Gasteiger partial charge in [-0.2, -0.15) is 0 Å². The summed E-state index contributed by atoms with van der Waals surface area (Å²) in [5.41, 5.74) is 4.90. The standard InChI is InChI=1S/C6H7BF3N2S/c8-7(9,10)4-13-6-2-1-5(11)3-12-6/h1-3H,4,11H2/q-1. The van der Waals surface area contributed by atoms with Crippen molar-refractivity contribution in [3.63, 3.8) is 0 Å². The fourth-order valence-electron chi connectivity index (χ4n) is 0.657. The van der Waals surface area contributed by atoms with Crippen LogP contribution in [0.1, 0.15) is 0 Å². The fourth-order valence-corrected chi connectivity index (χ4v) is 1.31. The van der Waals surface area contributed by atoms with Gasteiger partial charge in [-0.05, 0) is 17.8 Å². The Balaban J connectivity index is 2.51. The lowest BCUT2D eigenvalue weighted by atomic mass is 9.98. The van der Waals surface area contributed by atoms with E-state index in [9.17, 15) is 12.9 Å². The lowest BCUT2D eigenvalue weighted by Crippen LogP contribution is -2.19. The Hall–Kier alpha value is -0.845. The first kappa shape index (κ1) is 10.2. The smallest absolute Gasteiger partial charge is 0.448 e. The molecule has 0 atom stereocenters. The summed E-state index contributed by atoms with van der Waals surface area (Å²) in [6.45, 7) is -4.75. The Morgan fingerprint density at radius 2 is 2.08 bits per heavy atom. The summed E-state index contributed by atoms with van der Waals surface area (Å²) in [4.78, 5) is 3.73. The van der Waals surface area contributed by atoms with E-state index >= 15 is 0 Å². The van der Waals surface area contributed by atoms with Crippen LogP contribution < -0.4 is 5.73 Å². The molecule has 0 fully saturated rings. The van der Waals surface area contributed by atoms with Crippen LogP contribution in [0.5, 0.6) is 0 Å². The summed E-state index contributed by atoms with van der Waals surface area (Å²) >= 11 is 0.672. The number of halogens is 3. The van der Waals surface area contributed by atoms with Gasteiger partial charge in [0.1, 0.15) is 0 Å². The molecule has 1 aromatic heterocycles. The van der Waals surface area contributed by atoms with Gasteiger partial charge in [-0.1, -0.05) is 0 Å². The first-order chi connectivity index (χ1) is 5.97. The number of nitrogen functional groups attached to an aromatic ring is 1. The molecule has 13 heavy (non-hydrogen) atoms. The molecule has 0 aromatic carbocycles. The van der Waals surface area contributed by atoms with Gasteiger partial charge in [0.05, 0.1) is 16.9 Å². The Morgan fingerprint density at radius 3 is 2.54 bits per heavy atom. The van der Waals surface area contributed by atoms with Crippen molar-refractivity contribution in [1.82, 2.24) is 4.98 Å². The molecule has 0 aliphatic carbocycles. The van der Waals surface area contributed by atoms with E-state index in [0.29, 0.717) is 22.5 Å². The van der Waals surface area contributed by atoms with Crippen molar-refractivity contribution in [2.45, 2.75) is 5.03 Å². The monoisotopic (exact) mass is 207 g/mol. The van der Waals surface area contributed by atoms with Crippen molar-refractivity contribution < 1.29 is 12.9 Å². The van der Waals surface area contributed by atoms with Crippen molar-refractivity contribution in [2.24, 2.45) is 0 Å². The maximum atomic E-state index is 11.8. The van der Waals surface area contributed by atoms with Gasteiger partial charge in [-0.25, -0.2) is 4.98 Å². The average molecular weight is 207 g/mol. The number of nitrogens with zero attached hydrogens (tertiary/aromatic N) is 1. The number of thioether (sulfide) groups is 1. The summed E-state index contributed by atoms with van der Waals surface area (Å²) in [6.07, 6.45) is 1.34. The molecular weight excluding hydrogens is 200 g/mol. The van der Waals surface area contributed by atoms with E-state index in [1.165, 1.54) is 18.3 Å². The largest absolute Gasteiger partial charge is 0.488 e. The van der Waals surface area contributed by atoms with Gasteiger partial charge in [0.15, 0.2) is 0 Å². The minimum Gasteiger partial charge on any atom is -0.448 e. The molecule has 0 aliphatic heterocycles. The molecule has 0 saturated carbocycles. The molecule has 0 spiro atoms. The van der Waals surface area contributed by atoms with Crippen LogP contribution in [0.2, 0.25) is 0 Å². The van der Waals surface area contributed by atoms with Gasteiger partial charge >= 0.3 is 6.98 Å². The zero-order valence-electron chi connectivity index (χ0n) is 6.58. The second kappa shape index (κ2) is 3.91. The molecule has 0 amide bonds. The van der Waals surface area contributed by atoms with E-state index < -0.39 is 12.6 Å². The quantitative estimate of drug-likeness (QED) is 0.609. The highest BCUT2D eigenvalue weighted by molar-refractivity contribution is 8.00. The normalized spacial score (nSPS) is 11.6. The van der Waals surface area contributed by atoms with Gasteiger partial charge in [-0.3, -0.25) is 0 Å². The van der Waals surface area contributed by atoms with Crippen LogP contribution in [0.4, 0.5) is 18.6 Å². The molecule has 2 nitrogen and oxygen atoms in total. The van der Waals surface area contributed by atoms with Gasteiger partial charge in [-0.15, -0.1) is 11.8 Å². The molecule has 0 unspecified atom stereocenters. The Bertz CT molecular complexity index is 274. The highest BCUT2D eigenvalue weighted by Crippen LogP contribution is 2.22. The second-order valence-electron chi connectivity index (χ2n) is 2.45. The maximum Gasteiger partial charge on any atom is 0.488 e. The molecule has 7 heteroatoms. The SMILES string of the molecule is Nc1ccc(SC[B-](F)(F)F)nc1. The molecule has 0 aliphatic rings. The third kappa shape index (κ3) is 4.07. The van der Waals surface area contributed by atoms with Gasteiger partial charge in [0, 0.05) is 0 Å². The van der Waals surface area contributed by atoms with E-state index in [1.807, 2.05) is 0 Å². The average Bonchev–Trinajstić information content (AvgIpc) is 2.02. The first-order valence-electron chi connectivity index (χ1n) is 3.53. The molecule has 1 aromatic rings. The van der Waals surface area contributed by atoms with Crippen LogP contribution in [0.25, 0.3) is 0 Å². The van der Waals surface area contributed by atoms with Crippen LogP contribution in [-0.2, 0) is 0 Å². The molecule has 2 N–H and O–H groups in total. The predicted octanol–water partition coefficient (Wildman–Crippen LogP) is 2.14. The van der Waals surface area contributed by atoms with Crippen molar-refractivity contribution in [1.29, 1.82) is 0 Å². The molecule has 72 valence electrons. The second-order valence-corrected chi connectivity index (χ2v) is 3.49. The van der Waals surface area contributed by atoms with Crippen molar-refractivity contribution in [2.75, 3.05) is 11.4 Å². The summed E-state index contributed by atoms with van der Waals surface area (Å²) < 4.78 is 35.4. The fraction of sp³-hybridized carbons (Fsp3) is 0.167.